The Labute approximate surface area is 133 Å². The van der Waals surface area contributed by atoms with Crippen LogP contribution < -0.4 is 0 Å². The second-order valence-corrected chi connectivity index (χ2v) is 7.81. The molecule has 0 amide bonds. The maximum Gasteiger partial charge on any atom is 0.308 e. The largest absolute Gasteiger partial charge is 0.481 e. The topological polar surface area (TPSA) is 71.4 Å². The smallest absolute Gasteiger partial charge is 0.308 e. The molecule has 0 radical (unpaired) electrons. The van der Waals surface area contributed by atoms with Gasteiger partial charge in [-0.2, -0.15) is 0 Å². The Hall–Kier alpha value is -1.85. The van der Waals surface area contributed by atoms with Crippen LogP contribution in [-0.4, -0.2) is 24.7 Å². The van der Waals surface area contributed by atoms with Crippen molar-refractivity contribution in [2.75, 3.05) is 0 Å². The van der Waals surface area contributed by atoms with E-state index in [9.17, 15) is 18.3 Å². The van der Waals surface area contributed by atoms with E-state index >= 15 is 0 Å². The van der Waals surface area contributed by atoms with Gasteiger partial charge in [0.15, 0.2) is 9.84 Å². The van der Waals surface area contributed by atoms with Crippen LogP contribution in [-0.2, 0) is 14.6 Å². The van der Waals surface area contributed by atoms with Crippen LogP contribution in [0.4, 0.5) is 0 Å². The first-order valence-corrected chi connectivity index (χ1v) is 8.62. The van der Waals surface area contributed by atoms with Gasteiger partial charge in [0.25, 0.3) is 0 Å². The summed E-state index contributed by atoms with van der Waals surface area (Å²) in [5.74, 6) is -2.51. The third kappa shape index (κ3) is 2.51. The van der Waals surface area contributed by atoms with Crippen molar-refractivity contribution in [2.45, 2.75) is 16.1 Å². The van der Waals surface area contributed by atoms with Crippen molar-refractivity contribution in [1.82, 2.24) is 0 Å². The van der Waals surface area contributed by atoms with E-state index in [1.54, 1.807) is 24.3 Å². The van der Waals surface area contributed by atoms with E-state index in [2.05, 4.69) is 0 Å². The first kappa shape index (κ1) is 15.1. The number of sulfone groups is 1. The van der Waals surface area contributed by atoms with E-state index in [1.807, 2.05) is 6.07 Å². The molecule has 0 unspecified atom stereocenters. The lowest BCUT2D eigenvalue weighted by molar-refractivity contribution is -0.138. The van der Waals surface area contributed by atoms with Gasteiger partial charge in [-0.15, -0.1) is 0 Å². The molecule has 0 spiro atoms. The van der Waals surface area contributed by atoms with E-state index in [0.29, 0.717) is 5.02 Å². The Morgan fingerprint density at radius 1 is 1.00 bits per heavy atom. The van der Waals surface area contributed by atoms with Gasteiger partial charge in [-0.1, -0.05) is 41.9 Å². The molecule has 2 aromatic carbocycles. The molecule has 1 saturated carbocycles. The minimum absolute atomic E-state index is 0.103. The zero-order chi connectivity index (χ0) is 15.9. The molecule has 0 bridgehead atoms. The third-order valence-corrected chi connectivity index (χ3v) is 6.41. The Morgan fingerprint density at radius 2 is 1.59 bits per heavy atom. The summed E-state index contributed by atoms with van der Waals surface area (Å²) in [7, 11) is -3.71. The van der Waals surface area contributed by atoms with Crippen molar-refractivity contribution in [3.8, 4) is 0 Å². The number of carboxylic acids is 1. The third-order valence-electron chi connectivity index (χ3n) is 3.92. The highest BCUT2D eigenvalue weighted by atomic mass is 35.5. The zero-order valence-corrected chi connectivity index (χ0v) is 13.0. The lowest BCUT2D eigenvalue weighted by atomic mass is 10.1. The molecular formula is C16H13ClO4S. The molecule has 3 rings (SSSR count). The summed E-state index contributed by atoms with van der Waals surface area (Å²) in [6.45, 7) is 0. The SMILES string of the molecule is O=C(O)[C@@H]1[C@H](c2ccccc2)[C@@H]1S(=O)(=O)c1ccc(Cl)cc1. The van der Waals surface area contributed by atoms with Gasteiger partial charge in [0.1, 0.15) is 0 Å². The summed E-state index contributed by atoms with van der Waals surface area (Å²) in [6, 6.07) is 14.7. The fraction of sp³-hybridized carbons (Fsp3) is 0.188. The molecule has 22 heavy (non-hydrogen) atoms. The van der Waals surface area contributed by atoms with Crippen LogP contribution in [0.3, 0.4) is 0 Å². The summed E-state index contributed by atoms with van der Waals surface area (Å²) in [5, 5.41) is 8.82. The normalized spacial score (nSPS) is 24.0. The fourth-order valence-corrected chi connectivity index (χ4v) is 5.07. The summed E-state index contributed by atoms with van der Waals surface area (Å²) >= 11 is 5.77. The number of carboxylic acid groups (broad SMARTS) is 1. The molecule has 1 N–H and O–H groups in total. The standard InChI is InChI=1S/C16H13ClO4S/c17-11-6-8-12(9-7-11)22(20,21)15-13(14(15)16(18)19)10-4-2-1-3-5-10/h1-9,13-15H,(H,18,19)/t13-,14+,15-/m0/s1. The van der Waals surface area contributed by atoms with Gasteiger partial charge in [-0.3, -0.25) is 4.79 Å². The average molecular weight is 337 g/mol. The van der Waals surface area contributed by atoms with E-state index in [4.69, 9.17) is 11.6 Å². The highest BCUT2D eigenvalue weighted by Gasteiger charge is 2.63. The average Bonchev–Trinajstić information content (AvgIpc) is 3.25. The monoisotopic (exact) mass is 336 g/mol. The maximum absolute atomic E-state index is 12.7. The van der Waals surface area contributed by atoms with Crippen molar-refractivity contribution in [3.63, 3.8) is 0 Å². The van der Waals surface area contributed by atoms with Crippen molar-refractivity contribution >= 4 is 27.4 Å². The molecule has 3 atom stereocenters. The molecule has 4 nitrogen and oxygen atoms in total. The van der Waals surface area contributed by atoms with Crippen LogP contribution in [0.5, 0.6) is 0 Å². The maximum atomic E-state index is 12.7. The van der Waals surface area contributed by atoms with Crippen LogP contribution in [0.2, 0.25) is 5.02 Å². The number of aliphatic carboxylic acids is 1. The lowest BCUT2D eigenvalue weighted by Gasteiger charge is -2.04. The van der Waals surface area contributed by atoms with E-state index < -0.39 is 32.9 Å². The van der Waals surface area contributed by atoms with Gasteiger partial charge < -0.3 is 5.11 Å². The minimum Gasteiger partial charge on any atom is -0.481 e. The van der Waals surface area contributed by atoms with Gasteiger partial charge in [-0.25, -0.2) is 8.42 Å². The highest BCUT2D eigenvalue weighted by Crippen LogP contribution is 2.54. The van der Waals surface area contributed by atoms with Gasteiger partial charge in [0.05, 0.1) is 16.1 Å². The van der Waals surface area contributed by atoms with Gasteiger partial charge >= 0.3 is 5.97 Å². The first-order chi connectivity index (χ1) is 10.4. The second-order valence-electron chi connectivity index (χ2n) is 5.26. The van der Waals surface area contributed by atoms with Crippen molar-refractivity contribution < 1.29 is 18.3 Å². The molecule has 1 fully saturated rings. The Morgan fingerprint density at radius 3 is 2.14 bits per heavy atom. The Kier molecular flexibility index (Phi) is 3.70. The van der Waals surface area contributed by atoms with Crippen LogP contribution >= 0.6 is 11.6 Å². The summed E-state index contributed by atoms with van der Waals surface area (Å²) in [4.78, 5) is 11.5. The predicted molar refractivity (Wildman–Crippen MR) is 82.7 cm³/mol. The number of hydrogen-bond acceptors (Lipinski definition) is 3. The van der Waals surface area contributed by atoms with Gasteiger partial charge in [0, 0.05) is 10.9 Å². The Bertz CT molecular complexity index is 800. The Balaban J connectivity index is 1.99. The van der Waals surface area contributed by atoms with Crippen LogP contribution in [0.25, 0.3) is 0 Å². The molecule has 0 saturated heterocycles. The van der Waals surface area contributed by atoms with Gasteiger partial charge in [0.2, 0.25) is 0 Å². The van der Waals surface area contributed by atoms with Crippen LogP contribution in [0.15, 0.2) is 59.5 Å². The highest BCUT2D eigenvalue weighted by molar-refractivity contribution is 7.92. The zero-order valence-electron chi connectivity index (χ0n) is 11.4. The van der Waals surface area contributed by atoms with Crippen LogP contribution in [0.1, 0.15) is 11.5 Å². The second kappa shape index (κ2) is 5.41. The molecule has 0 aromatic heterocycles. The molecule has 1 aliphatic rings. The van der Waals surface area contributed by atoms with Crippen molar-refractivity contribution in [2.24, 2.45) is 5.92 Å². The quantitative estimate of drug-likeness (QED) is 0.931. The van der Waals surface area contributed by atoms with Crippen molar-refractivity contribution in [3.05, 3.63) is 65.2 Å². The first-order valence-electron chi connectivity index (χ1n) is 6.70. The van der Waals surface area contributed by atoms with E-state index in [0.717, 1.165) is 5.56 Å². The summed E-state index contributed by atoms with van der Waals surface area (Å²) in [5.41, 5.74) is 0.734. The molecule has 1 aliphatic carbocycles. The van der Waals surface area contributed by atoms with Crippen LogP contribution in [0, 0.1) is 5.92 Å². The van der Waals surface area contributed by atoms with Gasteiger partial charge in [-0.05, 0) is 29.8 Å². The number of benzene rings is 2. The lowest BCUT2D eigenvalue weighted by Crippen LogP contribution is -2.13. The molecule has 6 heteroatoms. The molecule has 114 valence electrons. The molecule has 0 aliphatic heterocycles. The predicted octanol–water partition coefficient (Wildman–Crippen LogP) is 2.98. The summed E-state index contributed by atoms with van der Waals surface area (Å²) < 4.78 is 25.4. The molecule has 0 heterocycles. The number of hydrogen-bond donors (Lipinski definition) is 1. The number of halogens is 1. The summed E-state index contributed by atoms with van der Waals surface area (Å²) in [6.07, 6.45) is 0. The molecular weight excluding hydrogens is 324 g/mol. The number of carbonyl (C=O) groups is 1. The van der Waals surface area contributed by atoms with Crippen molar-refractivity contribution in [1.29, 1.82) is 0 Å². The molecule has 2 aromatic rings. The number of rotatable bonds is 4. The van der Waals surface area contributed by atoms with E-state index in [1.165, 1.54) is 24.3 Å². The van der Waals surface area contributed by atoms with E-state index in [-0.39, 0.29) is 4.90 Å². The fourth-order valence-electron chi connectivity index (χ4n) is 2.82. The minimum atomic E-state index is -3.71.